The number of aryl methyl sites for hydroxylation is 1. The van der Waals surface area contributed by atoms with Crippen LogP contribution in [0.2, 0.25) is 0 Å². The third-order valence-electron chi connectivity index (χ3n) is 5.08. The van der Waals surface area contributed by atoms with Crippen molar-refractivity contribution in [1.82, 2.24) is 9.80 Å². The van der Waals surface area contributed by atoms with Crippen molar-refractivity contribution in [2.75, 3.05) is 26.2 Å². The minimum Gasteiger partial charge on any atom is -0.336 e. The second kappa shape index (κ2) is 9.58. The average molecular weight is 329 g/mol. The largest absolute Gasteiger partial charge is 0.336 e. The molecule has 0 radical (unpaired) electrons. The lowest BCUT2D eigenvalue weighted by atomic mass is 10.0. The Morgan fingerprint density at radius 2 is 1.83 bits per heavy atom. The molecule has 1 unspecified atom stereocenters. The van der Waals surface area contributed by atoms with Gasteiger partial charge in [0.25, 0.3) is 5.91 Å². The van der Waals surface area contributed by atoms with E-state index in [9.17, 15) is 4.79 Å². The average Bonchev–Trinajstić information content (AvgIpc) is 2.64. The molecule has 1 aliphatic heterocycles. The van der Waals surface area contributed by atoms with Gasteiger partial charge in [-0.3, -0.25) is 9.69 Å². The molecule has 0 bridgehead atoms. The predicted octanol–water partition coefficient (Wildman–Crippen LogP) is 3.61. The lowest BCUT2D eigenvalue weighted by Gasteiger charge is -2.37. The first-order valence-electron chi connectivity index (χ1n) is 9.27. The Hall–Kier alpha value is -1.68. The maximum Gasteiger partial charge on any atom is 0.253 e. The van der Waals surface area contributed by atoms with Crippen LogP contribution >= 0.6 is 0 Å². The van der Waals surface area contributed by atoms with Crippen molar-refractivity contribution in [1.29, 1.82) is 5.41 Å². The van der Waals surface area contributed by atoms with Crippen LogP contribution in [0, 0.1) is 5.41 Å². The summed E-state index contributed by atoms with van der Waals surface area (Å²) in [6.07, 6.45) is 6.68. The van der Waals surface area contributed by atoms with Gasteiger partial charge in [0.1, 0.15) is 0 Å². The molecule has 1 aromatic carbocycles. The van der Waals surface area contributed by atoms with E-state index in [1.165, 1.54) is 11.8 Å². The minimum absolute atomic E-state index is 0.161. The van der Waals surface area contributed by atoms with Gasteiger partial charge in [0.15, 0.2) is 0 Å². The highest BCUT2D eigenvalue weighted by molar-refractivity contribution is 5.94. The van der Waals surface area contributed by atoms with Gasteiger partial charge in [0.2, 0.25) is 0 Å². The van der Waals surface area contributed by atoms with E-state index in [2.05, 4.69) is 30.9 Å². The Labute approximate surface area is 146 Å². The van der Waals surface area contributed by atoms with E-state index in [1.807, 2.05) is 17.0 Å². The molecule has 1 atom stereocenters. The molecule has 1 amide bonds. The third kappa shape index (κ3) is 5.17. The van der Waals surface area contributed by atoms with Crippen LogP contribution in [0.25, 0.3) is 0 Å². The fourth-order valence-corrected chi connectivity index (χ4v) is 3.20. The summed E-state index contributed by atoms with van der Waals surface area (Å²) in [5.74, 6) is 0.161. The van der Waals surface area contributed by atoms with E-state index in [-0.39, 0.29) is 5.91 Å². The second-order valence-electron chi connectivity index (χ2n) is 6.73. The summed E-state index contributed by atoms with van der Waals surface area (Å²) in [5.41, 5.74) is 2.08. The number of hydrogen-bond acceptors (Lipinski definition) is 3. The number of hydrogen-bond donors (Lipinski definition) is 1. The number of unbranched alkanes of at least 4 members (excludes halogenated alkanes) is 2. The van der Waals surface area contributed by atoms with Crippen molar-refractivity contribution in [2.45, 2.75) is 52.0 Å². The Morgan fingerprint density at radius 1 is 1.17 bits per heavy atom. The summed E-state index contributed by atoms with van der Waals surface area (Å²) < 4.78 is 0. The smallest absolute Gasteiger partial charge is 0.253 e. The number of benzene rings is 1. The monoisotopic (exact) mass is 329 g/mol. The summed E-state index contributed by atoms with van der Waals surface area (Å²) >= 11 is 0. The van der Waals surface area contributed by atoms with Crippen LogP contribution in [-0.2, 0) is 6.42 Å². The summed E-state index contributed by atoms with van der Waals surface area (Å²) in [5, 5.41) is 7.04. The third-order valence-corrected chi connectivity index (χ3v) is 5.08. The lowest BCUT2D eigenvalue weighted by Crippen LogP contribution is -2.51. The highest BCUT2D eigenvalue weighted by atomic mass is 16.2. The zero-order chi connectivity index (χ0) is 17.4. The van der Waals surface area contributed by atoms with E-state index in [1.54, 1.807) is 0 Å². The Morgan fingerprint density at radius 3 is 2.42 bits per heavy atom. The van der Waals surface area contributed by atoms with Crippen molar-refractivity contribution in [2.24, 2.45) is 0 Å². The first-order chi connectivity index (χ1) is 11.7. The molecule has 1 N–H and O–H groups in total. The van der Waals surface area contributed by atoms with Crippen LogP contribution in [0.4, 0.5) is 0 Å². The van der Waals surface area contributed by atoms with E-state index in [0.717, 1.165) is 63.8 Å². The molecular formula is C20H31N3O. The van der Waals surface area contributed by atoms with E-state index >= 15 is 0 Å². The number of carbonyl (C=O) groups is 1. The molecule has 1 fully saturated rings. The fraction of sp³-hybridized carbons (Fsp3) is 0.600. The van der Waals surface area contributed by atoms with Crippen LogP contribution in [-0.4, -0.2) is 54.1 Å². The second-order valence-corrected chi connectivity index (χ2v) is 6.73. The van der Waals surface area contributed by atoms with Gasteiger partial charge < -0.3 is 10.3 Å². The molecule has 0 spiro atoms. The standard InChI is InChI=1S/C20H31N3O/c1-3-17(2)22-13-15-23(16-14-22)20(24)19-10-8-18(9-11-19)7-5-4-6-12-21/h8-12,17,21H,3-7,13-16H2,1-2H3. The zero-order valence-corrected chi connectivity index (χ0v) is 15.1. The number of amides is 1. The van der Waals surface area contributed by atoms with E-state index in [0.29, 0.717) is 6.04 Å². The van der Waals surface area contributed by atoms with Crippen LogP contribution in [0.5, 0.6) is 0 Å². The maximum atomic E-state index is 12.6. The van der Waals surface area contributed by atoms with Crippen molar-refractivity contribution < 1.29 is 4.79 Å². The molecule has 24 heavy (non-hydrogen) atoms. The van der Waals surface area contributed by atoms with Crippen LogP contribution in [0.15, 0.2) is 24.3 Å². The van der Waals surface area contributed by atoms with Gasteiger partial charge in [0, 0.05) is 37.8 Å². The van der Waals surface area contributed by atoms with Crippen LogP contribution < -0.4 is 0 Å². The van der Waals surface area contributed by atoms with E-state index in [4.69, 9.17) is 5.41 Å². The van der Waals surface area contributed by atoms with Crippen LogP contribution in [0.1, 0.15) is 55.5 Å². The van der Waals surface area contributed by atoms with Crippen molar-refractivity contribution >= 4 is 12.1 Å². The lowest BCUT2D eigenvalue weighted by molar-refractivity contribution is 0.0579. The van der Waals surface area contributed by atoms with Gasteiger partial charge in [-0.1, -0.05) is 19.1 Å². The van der Waals surface area contributed by atoms with Gasteiger partial charge in [-0.05, 0) is 62.9 Å². The summed E-state index contributed by atoms with van der Waals surface area (Å²) in [6, 6.07) is 8.69. The molecule has 1 aliphatic rings. The number of carbonyl (C=O) groups excluding carboxylic acids is 1. The molecule has 4 nitrogen and oxygen atoms in total. The summed E-state index contributed by atoms with van der Waals surface area (Å²) in [4.78, 5) is 17.1. The summed E-state index contributed by atoms with van der Waals surface area (Å²) in [6.45, 7) is 8.09. The van der Waals surface area contributed by atoms with E-state index < -0.39 is 0 Å². The predicted molar refractivity (Wildman–Crippen MR) is 100 cm³/mol. The quantitative estimate of drug-likeness (QED) is 0.585. The Bertz CT molecular complexity index is 518. The molecule has 1 saturated heterocycles. The number of nitrogens with zero attached hydrogens (tertiary/aromatic N) is 2. The Kier molecular flexibility index (Phi) is 7.44. The van der Waals surface area contributed by atoms with Gasteiger partial charge in [-0.15, -0.1) is 0 Å². The Balaban J connectivity index is 1.83. The highest BCUT2D eigenvalue weighted by Gasteiger charge is 2.23. The number of nitrogens with one attached hydrogen (secondary N) is 1. The first kappa shape index (κ1) is 18.7. The molecule has 0 aliphatic carbocycles. The molecular weight excluding hydrogens is 298 g/mol. The normalized spacial score (nSPS) is 16.8. The molecule has 132 valence electrons. The SMILES string of the molecule is CCC(C)N1CCN(C(=O)c2ccc(CCCCC=N)cc2)CC1. The van der Waals surface area contributed by atoms with Gasteiger partial charge in [-0.25, -0.2) is 0 Å². The topological polar surface area (TPSA) is 47.4 Å². The molecule has 1 aromatic rings. The molecule has 1 heterocycles. The molecule has 4 heteroatoms. The minimum atomic E-state index is 0.161. The molecule has 2 rings (SSSR count). The van der Waals surface area contributed by atoms with Crippen molar-refractivity contribution in [3.05, 3.63) is 35.4 Å². The maximum absolute atomic E-state index is 12.6. The van der Waals surface area contributed by atoms with Gasteiger partial charge >= 0.3 is 0 Å². The number of rotatable bonds is 8. The highest BCUT2D eigenvalue weighted by Crippen LogP contribution is 2.14. The first-order valence-corrected chi connectivity index (χ1v) is 9.27. The summed E-state index contributed by atoms with van der Waals surface area (Å²) in [7, 11) is 0. The molecule has 0 saturated carbocycles. The van der Waals surface area contributed by atoms with Crippen LogP contribution in [0.3, 0.4) is 0 Å². The van der Waals surface area contributed by atoms with Gasteiger partial charge in [0.05, 0.1) is 0 Å². The fourth-order valence-electron chi connectivity index (χ4n) is 3.20. The van der Waals surface area contributed by atoms with Crippen molar-refractivity contribution in [3.8, 4) is 0 Å². The van der Waals surface area contributed by atoms with Crippen molar-refractivity contribution in [3.63, 3.8) is 0 Å². The number of piperazine rings is 1. The zero-order valence-electron chi connectivity index (χ0n) is 15.1. The molecule has 0 aromatic heterocycles. The van der Waals surface area contributed by atoms with Gasteiger partial charge in [-0.2, -0.15) is 0 Å².